The highest BCUT2D eigenvalue weighted by Gasteiger charge is 2.17. The number of hydrogen-bond donors (Lipinski definition) is 1. The fourth-order valence-electron chi connectivity index (χ4n) is 2.13. The van der Waals surface area contributed by atoms with E-state index < -0.39 is 10.0 Å². The number of benzene rings is 1. The van der Waals surface area contributed by atoms with E-state index in [9.17, 15) is 13.2 Å². The quantitative estimate of drug-likeness (QED) is 0.758. The first-order valence-corrected chi connectivity index (χ1v) is 9.33. The van der Waals surface area contributed by atoms with Crippen LogP contribution in [0.2, 0.25) is 0 Å². The summed E-state index contributed by atoms with van der Waals surface area (Å²) in [7, 11) is -3.48. The highest BCUT2D eigenvalue weighted by molar-refractivity contribution is 7.89. The minimum absolute atomic E-state index is 0.0471. The van der Waals surface area contributed by atoms with E-state index in [-0.39, 0.29) is 10.8 Å². The van der Waals surface area contributed by atoms with Gasteiger partial charge in [-0.2, -0.15) is 0 Å². The molecular weight excluding hydrogens is 300 g/mol. The molecule has 0 aliphatic rings. The smallest absolute Gasteiger partial charge is 0.253 e. The summed E-state index contributed by atoms with van der Waals surface area (Å²) < 4.78 is 26.5. The van der Waals surface area contributed by atoms with Gasteiger partial charge >= 0.3 is 0 Å². The monoisotopic (exact) mass is 326 g/mol. The topological polar surface area (TPSA) is 66.5 Å². The number of amides is 1. The summed E-state index contributed by atoms with van der Waals surface area (Å²) >= 11 is 0. The van der Waals surface area contributed by atoms with E-state index in [1.54, 1.807) is 17.0 Å². The molecule has 0 radical (unpaired) electrons. The second-order valence-electron chi connectivity index (χ2n) is 5.21. The van der Waals surface area contributed by atoms with Crippen molar-refractivity contribution >= 4 is 15.9 Å². The van der Waals surface area contributed by atoms with Gasteiger partial charge in [0.15, 0.2) is 0 Å². The fourth-order valence-corrected chi connectivity index (χ4v) is 3.27. The molecule has 0 spiro atoms. The maximum Gasteiger partial charge on any atom is 0.253 e. The molecule has 0 heterocycles. The van der Waals surface area contributed by atoms with Gasteiger partial charge < -0.3 is 4.90 Å². The van der Waals surface area contributed by atoms with Gasteiger partial charge in [-0.05, 0) is 43.5 Å². The highest BCUT2D eigenvalue weighted by atomic mass is 32.2. The maximum absolute atomic E-state index is 12.4. The van der Waals surface area contributed by atoms with E-state index in [2.05, 4.69) is 4.72 Å². The van der Waals surface area contributed by atoms with E-state index in [0.717, 1.165) is 19.3 Å². The van der Waals surface area contributed by atoms with Crippen LogP contribution in [0.4, 0.5) is 0 Å². The molecule has 0 atom stereocenters. The summed E-state index contributed by atoms with van der Waals surface area (Å²) in [5.74, 6) is -0.0471. The van der Waals surface area contributed by atoms with Crippen molar-refractivity contribution in [2.45, 2.75) is 44.9 Å². The van der Waals surface area contributed by atoms with Crippen LogP contribution in [0, 0.1) is 0 Å². The molecule has 5 nitrogen and oxygen atoms in total. The van der Waals surface area contributed by atoms with Crippen LogP contribution in [0.1, 0.15) is 50.4 Å². The summed E-state index contributed by atoms with van der Waals surface area (Å²) in [4.78, 5) is 14.4. The minimum atomic E-state index is -3.48. The predicted molar refractivity (Wildman–Crippen MR) is 88.4 cm³/mol. The van der Waals surface area contributed by atoms with Crippen molar-refractivity contribution in [1.29, 1.82) is 0 Å². The van der Waals surface area contributed by atoms with Crippen molar-refractivity contribution in [2.75, 3.05) is 19.6 Å². The molecular formula is C16H26N2O3S. The van der Waals surface area contributed by atoms with E-state index in [4.69, 9.17) is 0 Å². The molecule has 0 aliphatic heterocycles. The lowest BCUT2D eigenvalue weighted by atomic mass is 10.2. The number of carbonyl (C=O) groups is 1. The summed E-state index contributed by atoms with van der Waals surface area (Å²) in [6.07, 6.45) is 2.54. The Morgan fingerprint density at radius 2 is 1.55 bits per heavy atom. The van der Waals surface area contributed by atoms with Crippen LogP contribution in [0.3, 0.4) is 0 Å². The summed E-state index contributed by atoms with van der Waals surface area (Å²) in [5.41, 5.74) is 0.524. The molecule has 1 aromatic carbocycles. The van der Waals surface area contributed by atoms with Crippen molar-refractivity contribution in [1.82, 2.24) is 9.62 Å². The Bertz CT molecular complexity index is 562. The molecule has 0 bridgehead atoms. The van der Waals surface area contributed by atoms with Gasteiger partial charge in [-0.1, -0.05) is 20.8 Å². The molecule has 0 aromatic heterocycles. The third kappa shape index (κ3) is 5.10. The SMILES string of the molecule is CCCNS(=O)(=O)c1ccc(C(=O)N(CCC)CCC)cc1. The first-order chi connectivity index (χ1) is 10.5. The summed E-state index contributed by atoms with van der Waals surface area (Å²) in [5, 5.41) is 0. The summed E-state index contributed by atoms with van der Waals surface area (Å²) in [6.45, 7) is 7.80. The Balaban J connectivity index is 2.89. The fraction of sp³-hybridized carbons (Fsp3) is 0.562. The largest absolute Gasteiger partial charge is 0.339 e. The Labute approximate surface area is 133 Å². The molecule has 0 unspecified atom stereocenters. The molecule has 0 fully saturated rings. The van der Waals surface area contributed by atoms with Crippen LogP contribution in [-0.4, -0.2) is 38.9 Å². The second kappa shape index (κ2) is 8.90. The van der Waals surface area contributed by atoms with E-state index in [1.165, 1.54) is 12.1 Å². The van der Waals surface area contributed by atoms with Crippen LogP contribution < -0.4 is 4.72 Å². The lowest BCUT2D eigenvalue weighted by Gasteiger charge is -2.21. The van der Waals surface area contributed by atoms with Crippen LogP contribution >= 0.6 is 0 Å². The first kappa shape index (κ1) is 18.6. The van der Waals surface area contributed by atoms with E-state index in [1.807, 2.05) is 20.8 Å². The van der Waals surface area contributed by atoms with Crippen LogP contribution in [0.25, 0.3) is 0 Å². The molecule has 1 amide bonds. The van der Waals surface area contributed by atoms with Gasteiger partial charge in [0, 0.05) is 25.2 Å². The van der Waals surface area contributed by atoms with Crippen LogP contribution in [0.15, 0.2) is 29.2 Å². The van der Waals surface area contributed by atoms with Gasteiger partial charge in [-0.25, -0.2) is 13.1 Å². The average molecular weight is 326 g/mol. The maximum atomic E-state index is 12.4. The Morgan fingerprint density at radius 3 is 2.00 bits per heavy atom. The zero-order valence-electron chi connectivity index (χ0n) is 13.6. The van der Waals surface area contributed by atoms with Crippen molar-refractivity contribution < 1.29 is 13.2 Å². The summed E-state index contributed by atoms with van der Waals surface area (Å²) in [6, 6.07) is 6.14. The molecule has 22 heavy (non-hydrogen) atoms. The third-order valence-electron chi connectivity index (χ3n) is 3.23. The minimum Gasteiger partial charge on any atom is -0.339 e. The number of rotatable bonds is 9. The number of nitrogens with zero attached hydrogens (tertiary/aromatic N) is 1. The van der Waals surface area contributed by atoms with Crippen molar-refractivity contribution in [2.24, 2.45) is 0 Å². The number of sulfonamides is 1. The number of nitrogens with one attached hydrogen (secondary N) is 1. The molecule has 0 saturated heterocycles. The molecule has 0 aliphatic carbocycles. The molecule has 124 valence electrons. The van der Waals surface area contributed by atoms with Crippen molar-refractivity contribution in [3.05, 3.63) is 29.8 Å². The van der Waals surface area contributed by atoms with Gasteiger partial charge in [0.1, 0.15) is 0 Å². The zero-order chi connectivity index (χ0) is 16.6. The second-order valence-corrected chi connectivity index (χ2v) is 6.98. The van der Waals surface area contributed by atoms with Crippen molar-refractivity contribution in [3.8, 4) is 0 Å². The van der Waals surface area contributed by atoms with E-state index >= 15 is 0 Å². The Kier molecular flexibility index (Phi) is 7.55. The predicted octanol–water partition coefficient (Wildman–Crippen LogP) is 2.64. The first-order valence-electron chi connectivity index (χ1n) is 7.85. The van der Waals surface area contributed by atoms with Crippen LogP contribution in [-0.2, 0) is 10.0 Å². The van der Waals surface area contributed by atoms with E-state index in [0.29, 0.717) is 25.2 Å². The molecule has 6 heteroatoms. The van der Waals surface area contributed by atoms with Gasteiger partial charge in [-0.3, -0.25) is 4.79 Å². The molecule has 1 aromatic rings. The molecule has 1 N–H and O–H groups in total. The lowest BCUT2D eigenvalue weighted by Crippen LogP contribution is -2.32. The third-order valence-corrected chi connectivity index (χ3v) is 4.70. The number of hydrogen-bond acceptors (Lipinski definition) is 3. The van der Waals surface area contributed by atoms with Crippen molar-refractivity contribution in [3.63, 3.8) is 0 Å². The van der Waals surface area contributed by atoms with Gasteiger partial charge in [0.05, 0.1) is 4.90 Å². The Morgan fingerprint density at radius 1 is 1.00 bits per heavy atom. The molecule has 1 rings (SSSR count). The molecule has 0 saturated carbocycles. The van der Waals surface area contributed by atoms with Gasteiger partial charge in [0.2, 0.25) is 10.0 Å². The Hall–Kier alpha value is -1.40. The number of carbonyl (C=O) groups excluding carboxylic acids is 1. The normalized spacial score (nSPS) is 11.4. The van der Waals surface area contributed by atoms with Gasteiger partial charge in [0.25, 0.3) is 5.91 Å². The van der Waals surface area contributed by atoms with Gasteiger partial charge in [-0.15, -0.1) is 0 Å². The highest BCUT2D eigenvalue weighted by Crippen LogP contribution is 2.13. The standard InChI is InChI=1S/C16H26N2O3S/c1-4-11-17-22(20,21)15-9-7-14(8-10-15)16(19)18(12-5-2)13-6-3/h7-10,17H,4-6,11-13H2,1-3H3. The average Bonchev–Trinajstić information content (AvgIpc) is 2.52. The van der Waals surface area contributed by atoms with Crippen LogP contribution in [0.5, 0.6) is 0 Å². The lowest BCUT2D eigenvalue weighted by molar-refractivity contribution is 0.0755. The zero-order valence-corrected chi connectivity index (χ0v) is 14.4.